The highest BCUT2D eigenvalue weighted by Crippen LogP contribution is 2.27. The molecule has 1 fully saturated rings. The Hall–Kier alpha value is -0.830. The molecule has 0 amide bonds. The van der Waals surface area contributed by atoms with Crippen molar-refractivity contribution < 1.29 is 5.11 Å². The number of nitrogens with zero attached hydrogens (tertiary/aromatic N) is 3. The third-order valence-electron chi connectivity index (χ3n) is 4.91. The molecule has 3 N–H and O–H groups in total. The zero-order valence-corrected chi connectivity index (χ0v) is 18.3. The van der Waals surface area contributed by atoms with Crippen LogP contribution in [0.25, 0.3) is 0 Å². The van der Waals surface area contributed by atoms with Gasteiger partial charge in [-0.3, -0.25) is 4.68 Å². The quantitative estimate of drug-likeness (QED) is 0.345. The Morgan fingerprint density at radius 3 is 2.60 bits per heavy atom. The van der Waals surface area contributed by atoms with Crippen LogP contribution in [0.1, 0.15) is 52.0 Å². The summed E-state index contributed by atoms with van der Waals surface area (Å²) in [5.74, 6) is 2.38. The molecule has 1 aliphatic carbocycles. The lowest BCUT2D eigenvalue weighted by atomic mass is 9.83. The summed E-state index contributed by atoms with van der Waals surface area (Å²) in [6.45, 7) is 8.24. The number of nitrogens with one attached hydrogen (secondary N) is 2. The summed E-state index contributed by atoms with van der Waals surface area (Å²) in [5.41, 5.74) is -0.234. The van der Waals surface area contributed by atoms with Crippen molar-refractivity contribution >= 4 is 29.9 Å². The number of guanidine groups is 1. The summed E-state index contributed by atoms with van der Waals surface area (Å²) in [6.07, 6.45) is 8.77. The van der Waals surface area contributed by atoms with Gasteiger partial charge < -0.3 is 15.7 Å². The fourth-order valence-electron chi connectivity index (χ4n) is 3.14. The van der Waals surface area contributed by atoms with E-state index in [1.165, 1.54) is 25.7 Å². The predicted octanol–water partition coefficient (Wildman–Crippen LogP) is 2.63. The molecule has 0 bridgehead atoms. The van der Waals surface area contributed by atoms with Crippen molar-refractivity contribution in [2.75, 3.05) is 19.6 Å². The maximum Gasteiger partial charge on any atom is 0.191 e. The highest BCUT2D eigenvalue weighted by Gasteiger charge is 2.25. The van der Waals surface area contributed by atoms with Crippen LogP contribution in [0.5, 0.6) is 0 Å². The predicted molar refractivity (Wildman–Crippen MR) is 113 cm³/mol. The fraction of sp³-hybridized carbons (Fsp3) is 0.778. The standard InChI is InChI=1S/C18H33N5O.HI/c1-5-19-17(20-10-15-8-6-14(2)7-9-15)21-13-18(3,24)16-11-22-23(4)12-16;/h11-12,14-15,24H,5-10,13H2,1-4H3,(H2,19,20,21);1H. The molecule has 7 heteroatoms. The van der Waals surface area contributed by atoms with Gasteiger partial charge in [0.1, 0.15) is 5.60 Å². The second-order valence-electron chi connectivity index (χ2n) is 7.38. The summed E-state index contributed by atoms with van der Waals surface area (Å²) in [5, 5.41) is 21.5. The van der Waals surface area contributed by atoms with E-state index < -0.39 is 5.60 Å². The first-order valence-electron chi connectivity index (χ1n) is 9.14. The van der Waals surface area contributed by atoms with Gasteiger partial charge in [0.2, 0.25) is 0 Å². The summed E-state index contributed by atoms with van der Waals surface area (Å²) >= 11 is 0. The van der Waals surface area contributed by atoms with Crippen LogP contribution in [-0.2, 0) is 12.6 Å². The van der Waals surface area contributed by atoms with Crippen LogP contribution in [0, 0.1) is 11.8 Å². The Morgan fingerprint density at radius 2 is 2.04 bits per heavy atom. The van der Waals surface area contributed by atoms with Crippen LogP contribution in [0.2, 0.25) is 0 Å². The van der Waals surface area contributed by atoms with Gasteiger partial charge in [0, 0.05) is 31.9 Å². The van der Waals surface area contributed by atoms with Crippen LogP contribution >= 0.6 is 24.0 Å². The number of aliphatic hydroxyl groups is 1. The first-order valence-corrected chi connectivity index (χ1v) is 9.14. The SMILES string of the molecule is CCNC(=NCC(C)(O)c1cnn(C)c1)NCC1CCC(C)CC1.I. The molecule has 0 spiro atoms. The number of aliphatic imine (C=N–C) groups is 1. The molecule has 144 valence electrons. The van der Waals surface area contributed by atoms with Gasteiger partial charge in [0.25, 0.3) is 0 Å². The largest absolute Gasteiger partial charge is 0.383 e. The van der Waals surface area contributed by atoms with Crippen molar-refractivity contribution in [3.63, 3.8) is 0 Å². The molecule has 0 saturated heterocycles. The van der Waals surface area contributed by atoms with Crippen LogP contribution in [-0.4, -0.2) is 40.5 Å². The van der Waals surface area contributed by atoms with Crippen molar-refractivity contribution in [1.29, 1.82) is 0 Å². The summed E-state index contributed by atoms with van der Waals surface area (Å²) in [4.78, 5) is 4.58. The smallest absolute Gasteiger partial charge is 0.191 e. The third kappa shape index (κ3) is 7.13. The molecule has 0 aliphatic heterocycles. The molecule has 1 aromatic heterocycles. The van der Waals surface area contributed by atoms with Crippen molar-refractivity contribution in [3.8, 4) is 0 Å². The Bertz CT molecular complexity index is 535. The molecule has 1 saturated carbocycles. The molecule has 1 heterocycles. The fourth-order valence-corrected chi connectivity index (χ4v) is 3.14. The molecule has 2 rings (SSSR count). The summed E-state index contributed by atoms with van der Waals surface area (Å²) in [7, 11) is 1.85. The minimum atomic E-state index is -1.02. The molecule has 1 atom stereocenters. The summed E-state index contributed by atoms with van der Waals surface area (Å²) in [6, 6.07) is 0. The van der Waals surface area contributed by atoms with E-state index in [0.717, 1.165) is 36.4 Å². The molecular weight excluding hydrogens is 429 g/mol. The Kier molecular flexibility index (Phi) is 9.20. The first-order chi connectivity index (χ1) is 11.4. The molecule has 1 unspecified atom stereocenters. The number of hydrogen-bond donors (Lipinski definition) is 3. The van der Waals surface area contributed by atoms with E-state index in [1.54, 1.807) is 17.8 Å². The second kappa shape index (κ2) is 10.4. The minimum absolute atomic E-state index is 0. The zero-order chi connectivity index (χ0) is 17.6. The molecular formula is C18H34IN5O. The van der Waals surface area contributed by atoms with Gasteiger partial charge >= 0.3 is 0 Å². The first kappa shape index (κ1) is 22.2. The number of rotatable bonds is 6. The van der Waals surface area contributed by atoms with Crippen molar-refractivity contribution in [2.24, 2.45) is 23.9 Å². The number of aryl methyl sites for hydroxylation is 1. The van der Waals surface area contributed by atoms with E-state index in [1.807, 2.05) is 13.2 Å². The van der Waals surface area contributed by atoms with E-state index in [9.17, 15) is 5.11 Å². The van der Waals surface area contributed by atoms with Crippen molar-refractivity contribution in [2.45, 2.75) is 52.1 Å². The molecule has 6 nitrogen and oxygen atoms in total. The normalized spacial score (nSPS) is 23.5. The van der Waals surface area contributed by atoms with Gasteiger partial charge in [0.15, 0.2) is 5.96 Å². The van der Waals surface area contributed by atoms with Crippen LogP contribution in [0.4, 0.5) is 0 Å². The summed E-state index contributed by atoms with van der Waals surface area (Å²) < 4.78 is 1.70. The Labute approximate surface area is 168 Å². The molecule has 25 heavy (non-hydrogen) atoms. The van der Waals surface area contributed by atoms with Crippen LogP contribution < -0.4 is 10.6 Å². The van der Waals surface area contributed by atoms with Gasteiger partial charge in [-0.2, -0.15) is 5.10 Å². The van der Waals surface area contributed by atoms with Gasteiger partial charge in [-0.15, -0.1) is 24.0 Å². The van der Waals surface area contributed by atoms with E-state index in [-0.39, 0.29) is 24.0 Å². The molecule has 0 radical (unpaired) electrons. The van der Waals surface area contributed by atoms with Gasteiger partial charge in [-0.25, -0.2) is 4.99 Å². The average molecular weight is 463 g/mol. The molecule has 1 aromatic rings. The lowest BCUT2D eigenvalue weighted by molar-refractivity contribution is 0.0671. The Balaban J connectivity index is 0.00000312. The maximum atomic E-state index is 10.6. The highest BCUT2D eigenvalue weighted by molar-refractivity contribution is 14.0. The lowest BCUT2D eigenvalue weighted by Crippen LogP contribution is -2.41. The number of aromatic nitrogens is 2. The van der Waals surface area contributed by atoms with E-state index in [2.05, 4.69) is 34.6 Å². The van der Waals surface area contributed by atoms with Crippen molar-refractivity contribution in [1.82, 2.24) is 20.4 Å². The van der Waals surface area contributed by atoms with E-state index in [0.29, 0.717) is 6.54 Å². The van der Waals surface area contributed by atoms with Gasteiger partial charge in [-0.1, -0.05) is 19.8 Å². The minimum Gasteiger partial charge on any atom is -0.383 e. The Morgan fingerprint density at radius 1 is 1.36 bits per heavy atom. The van der Waals surface area contributed by atoms with Crippen LogP contribution in [0.3, 0.4) is 0 Å². The highest BCUT2D eigenvalue weighted by atomic mass is 127. The van der Waals surface area contributed by atoms with Crippen molar-refractivity contribution in [3.05, 3.63) is 18.0 Å². The average Bonchev–Trinajstić information content (AvgIpc) is 2.99. The van der Waals surface area contributed by atoms with Gasteiger partial charge in [0.05, 0.1) is 12.7 Å². The third-order valence-corrected chi connectivity index (χ3v) is 4.91. The van der Waals surface area contributed by atoms with Crippen LogP contribution in [0.15, 0.2) is 17.4 Å². The van der Waals surface area contributed by atoms with E-state index in [4.69, 9.17) is 0 Å². The molecule has 0 aromatic carbocycles. The lowest BCUT2D eigenvalue weighted by Gasteiger charge is -2.27. The monoisotopic (exact) mass is 463 g/mol. The zero-order valence-electron chi connectivity index (χ0n) is 16.0. The molecule has 1 aliphatic rings. The number of halogens is 1. The van der Waals surface area contributed by atoms with Gasteiger partial charge in [-0.05, 0) is 38.5 Å². The second-order valence-corrected chi connectivity index (χ2v) is 7.38. The van der Waals surface area contributed by atoms with E-state index >= 15 is 0 Å². The topological polar surface area (TPSA) is 74.5 Å². The maximum absolute atomic E-state index is 10.6. The number of hydrogen-bond acceptors (Lipinski definition) is 3.